The lowest BCUT2D eigenvalue weighted by Gasteiger charge is -2.26. The van der Waals surface area contributed by atoms with Crippen LogP contribution in [0.4, 0.5) is 5.82 Å². The number of hydrogen-bond donors (Lipinski definition) is 0. The molecule has 0 bridgehead atoms. The summed E-state index contributed by atoms with van der Waals surface area (Å²) >= 11 is 0. The topological polar surface area (TPSA) is 56.7 Å². The third-order valence-corrected chi connectivity index (χ3v) is 4.54. The van der Waals surface area contributed by atoms with Crippen LogP contribution in [0.5, 0.6) is 11.5 Å². The van der Waals surface area contributed by atoms with Gasteiger partial charge in [-0.05, 0) is 44.2 Å². The third kappa shape index (κ3) is 3.66. The van der Waals surface area contributed by atoms with E-state index in [1.807, 2.05) is 63.5 Å². The van der Waals surface area contributed by atoms with Gasteiger partial charge in [0.1, 0.15) is 12.4 Å². The first-order valence-corrected chi connectivity index (χ1v) is 9.17. The molecule has 6 heteroatoms. The Bertz CT molecular complexity index is 961. The van der Waals surface area contributed by atoms with E-state index in [-0.39, 0.29) is 6.29 Å². The summed E-state index contributed by atoms with van der Waals surface area (Å²) in [7, 11) is 2.02. The molecule has 1 atom stereocenters. The van der Waals surface area contributed by atoms with E-state index < -0.39 is 0 Å². The van der Waals surface area contributed by atoms with Crippen molar-refractivity contribution in [1.29, 1.82) is 0 Å². The molecule has 2 aromatic heterocycles. The van der Waals surface area contributed by atoms with Crippen molar-refractivity contribution in [3.8, 4) is 22.8 Å². The summed E-state index contributed by atoms with van der Waals surface area (Å²) in [5.74, 6) is 2.44. The number of pyridine rings is 2. The molecule has 3 heterocycles. The normalized spacial score (nSPS) is 14.6. The van der Waals surface area contributed by atoms with Crippen LogP contribution in [0.25, 0.3) is 22.2 Å². The van der Waals surface area contributed by atoms with E-state index in [0.717, 1.165) is 46.0 Å². The zero-order valence-electron chi connectivity index (χ0n) is 15.8. The number of rotatable bonds is 5. The Morgan fingerprint density at radius 2 is 2.11 bits per heavy atom. The summed E-state index contributed by atoms with van der Waals surface area (Å²) in [6.45, 7) is 5.97. The summed E-state index contributed by atoms with van der Waals surface area (Å²) in [6.07, 6.45) is 1.57. The molecule has 1 aromatic carbocycles. The molecule has 4 rings (SSSR count). The Morgan fingerprint density at radius 1 is 1.22 bits per heavy atom. The standard InChI is InChI=1S/C21H23N3O3/c1-4-25-14(2)27-17-6-8-18-15(11-17)5-7-19(23-18)16-12-20-21(22-13-16)24(3)9-10-26-20/h5-8,11-14H,4,9-10H2,1-3H3. The average Bonchev–Trinajstić information content (AvgIpc) is 2.67. The molecular weight excluding hydrogens is 342 g/mol. The van der Waals surface area contributed by atoms with Crippen LogP contribution in [0.2, 0.25) is 0 Å². The highest BCUT2D eigenvalue weighted by atomic mass is 16.7. The fourth-order valence-corrected chi connectivity index (χ4v) is 3.17. The first-order chi connectivity index (χ1) is 13.1. The van der Waals surface area contributed by atoms with Crippen LogP contribution < -0.4 is 14.4 Å². The van der Waals surface area contributed by atoms with E-state index in [1.54, 1.807) is 0 Å². The van der Waals surface area contributed by atoms with Crippen molar-refractivity contribution in [2.75, 3.05) is 31.7 Å². The molecule has 1 aliphatic heterocycles. The lowest BCUT2D eigenvalue weighted by Crippen LogP contribution is -2.29. The smallest absolute Gasteiger partial charge is 0.196 e. The molecule has 0 fully saturated rings. The average molecular weight is 365 g/mol. The van der Waals surface area contributed by atoms with Crippen LogP contribution in [0.15, 0.2) is 42.6 Å². The zero-order chi connectivity index (χ0) is 18.8. The Hall–Kier alpha value is -2.86. The largest absolute Gasteiger partial charge is 0.488 e. The van der Waals surface area contributed by atoms with Gasteiger partial charge < -0.3 is 19.1 Å². The maximum absolute atomic E-state index is 5.77. The Morgan fingerprint density at radius 3 is 2.96 bits per heavy atom. The minimum Gasteiger partial charge on any atom is -0.488 e. The van der Waals surface area contributed by atoms with Gasteiger partial charge in [-0.2, -0.15) is 0 Å². The van der Waals surface area contributed by atoms with Crippen molar-refractivity contribution in [3.63, 3.8) is 0 Å². The second-order valence-corrected chi connectivity index (χ2v) is 6.51. The number of aromatic nitrogens is 2. The minimum absolute atomic E-state index is 0.278. The summed E-state index contributed by atoms with van der Waals surface area (Å²) < 4.78 is 17.0. The molecule has 6 nitrogen and oxygen atoms in total. The Kier molecular flexibility index (Phi) is 4.81. The number of ether oxygens (including phenoxy) is 3. The fourth-order valence-electron chi connectivity index (χ4n) is 3.17. The first kappa shape index (κ1) is 17.5. The van der Waals surface area contributed by atoms with E-state index in [1.165, 1.54) is 0 Å². The van der Waals surface area contributed by atoms with Gasteiger partial charge in [0.25, 0.3) is 0 Å². The van der Waals surface area contributed by atoms with Crippen molar-refractivity contribution in [1.82, 2.24) is 9.97 Å². The van der Waals surface area contributed by atoms with Gasteiger partial charge in [0.05, 0.1) is 17.8 Å². The molecule has 0 spiro atoms. The van der Waals surface area contributed by atoms with Crippen molar-refractivity contribution < 1.29 is 14.2 Å². The molecule has 0 N–H and O–H groups in total. The monoisotopic (exact) mass is 365 g/mol. The van der Waals surface area contributed by atoms with Crippen LogP contribution in [0, 0.1) is 0 Å². The van der Waals surface area contributed by atoms with Gasteiger partial charge >= 0.3 is 0 Å². The molecule has 0 saturated heterocycles. The molecule has 0 radical (unpaired) electrons. The third-order valence-electron chi connectivity index (χ3n) is 4.54. The zero-order valence-corrected chi connectivity index (χ0v) is 15.8. The lowest BCUT2D eigenvalue weighted by atomic mass is 10.1. The highest BCUT2D eigenvalue weighted by Gasteiger charge is 2.17. The van der Waals surface area contributed by atoms with Gasteiger partial charge in [0.15, 0.2) is 17.9 Å². The lowest BCUT2D eigenvalue weighted by molar-refractivity contribution is -0.0612. The van der Waals surface area contributed by atoms with Crippen LogP contribution in [0.3, 0.4) is 0 Å². The highest BCUT2D eigenvalue weighted by molar-refractivity contribution is 5.83. The highest BCUT2D eigenvalue weighted by Crippen LogP contribution is 2.32. The van der Waals surface area contributed by atoms with Crippen molar-refractivity contribution in [3.05, 3.63) is 42.6 Å². The molecule has 1 aliphatic rings. The predicted octanol–water partition coefficient (Wildman–Crippen LogP) is 3.89. The van der Waals surface area contributed by atoms with E-state index in [0.29, 0.717) is 13.2 Å². The van der Waals surface area contributed by atoms with Gasteiger partial charge in [-0.3, -0.25) is 0 Å². The summed E-state index contributed by atoms with van der Waals surface area (Å²) in [4.78, 5) is 11.4. The molecule has 3 aromatic rings. The number of likely N-dealkylation sites (N-methyl/N-ethyl adjacent to an activating group) is 1. The molecular formula is C21H23N3O3. The fraction of sp³-hybridized carbons (Fsp3) is 0.333. The summed E-state index contributed by atoms with van der Waals surface area (Å²) in [5.41, 5.74) is 2.71. The second-order valence-electron chi connectivity index (χ2n) is 6.51. The second kappa shape index (κ2) is 7.40. The molecule has 27 heavy (non-hydrogen) atoms. The van der Waals surface area contributed by atoms with Crippen molar-refractivity contribution in [2.24, 2.45) is 0 Å². The molecule has 140 valence electrons. The van der Waals surface area contributed by atoms with Crippen molar-refractivity contribution in [2.45, 2.75) is 20.1 Å². The number of nitrogens with zero attached hydrogens (tertiary/aromatic N) is 3. The van der Waals surface area contributed by atoms with Crippen LogP contribution in [-0.4, -0.2) is 43.1 Å². The first-order valence-electron chi connectivity index (χ1n) is 9.17. The van der Waals surface area contributed by atoms with Gasteiger partial charge in [-0.1, -0.05) is 6.07 Å². The van der Waals surface area contributed by atoms with Crippen LogP contribution in [-0.2, 0) is 4.74 Å². The van der Waals surface area contributed by atoms with E-state index in [2.05, 4.69) is 9.88 Å². The quantitative estimate of drug-likeness (QED) is 0.640. The SMILES string of the molecule is CCOC(C)Oc1ccc2nc(-c3cnc4c(c3)OCCN4C)ccc2c1. The van der Waals surface area contributed by atoms with Gasteiger partial charge in [-0.15, -0.1) is 0 Å². The van der Waals surface area contributed by atoms with Gasteiger partial charge in [0, 0.05) is 30.8 Å². The van der Waals surface area contributed by atoms with Crippen LogP contribution in [0.1, 0.15) is 13.8 Å². The summed E-state index contributed by atoms with van der Waals surface area (Å²) in [5, 5.41) is 1.02. The number of fused-ring (bicyclic) bond motifs is 2. The van der Waals surface area contributed by atoms with E-state index in [4.69, 9.17) is 19.2 Å². The molecule has 1 unspecified atom stereocenters. The maximum atomic E-state index is 5.77. The van der Waals surface area contributed by atoms with E-state index >= 15 is 0 Å². The van der Waals surface area contributed by atoms with Gasteiger partial charge in [-0.25, -0.2) is 9.97 Å². The minimum atomic E-state index is -0.278. The van der Waals surface area contributed by atoms with Gasteiger partial charge in [0.2, 0.25) is 0 Å². The summed E-state index contributed by atoms with van der Waals surface area (Å²) in [6, 6.07) is 11.9. The molecule has 0 saturated carbocycles. The van der Waals surface area contributed by atoms with Crippen LogP contribution >= 0.6 is 0 Å². The number of anilines is 1. The van der Waals surface area contributed by atoms with Crippen molar-refractivity contribution >= 4 is 16.7 Å². The Balaban J connectivity index is 1.62. The van der Waals surface area contributed by atoms with E-state index in [9.17, 15) is 0 Å². The maximum Gasteiger partial charge on any atom is 0.196 e. The number of benzene rings is 1. The Labute approximate surface area is 158 Å². The number of hydrogen-bond acceptors (Lipinski definition) is 6. The molecule has 0 aliphatic carbocycles. The molecule has 0 amide bonds. The predicted molar refractivity (Wildman–Crippen MR) is 105 cm³/mol.